The van der Waals surface area contributed by atoms with E-state index >= 15 is 0 Å². The second-order valence-electron chi connectivity index (χ2n) is 4.29. The van der Waals surface area contributed by atoms with Crippen LogP contribution in [0, 0.1) is 0 Å². The summed E-state index contributed by atoms with van der Waals surface area (Å²) in [5.41, 5.74) is 2.35. The van der Waals surface area contributed by atoms with Gasteiger partial charge >= 0.3 is 0 Å². The normalized spacial score (nSPS) is 12.6. The van der Waals surface area contributed by atoms with E-state index in [0.717, 1.165) is 24.5 Å². The van der Waals surface area contributed by atoms with Crippen LogP contribution in [0.25, 0.3) is 0 Å². The average molecular weight is 244 g/mol. The van der Waals surface area contributed by atoms with E-state index in [-0.39, 0.29) is 6.04 Å². The number of nitrogens with zero attached hydrogens (tertiary/aromatic N) is 3. The molecule has 0 aliphatic carbocycles. The Morgan fingerprint density at radius 3 is 2.72 bits per heavy atom. The van der Waals surface area contributed by atoms with Crippen molar-refractivity contribution in [2.75, 3.05) is 6.54 Å². The molecule has 0 fully saturated rings. The minimum absolute atomic E-state index is 0.0612. The van der Waals surface area contributed by atoms with E-state index in [1.165, 1.54) is 5.56 Å². The highest BCUT2D eigenvalue weighted by Gasteiger charge is 2.20. The smallest absolute Gasteiger partial charge is 0.131 e. The van der Waals surface area contributed by atoms with Gasteiger partial charge in [-0.2, -0.15) is 0 Å². The molecule has 96 valence electrons. The summed E-state index contributed by atoms with van der Waals surface area (Å²) in [5, 5.41) is 3.47. The Hall–Kier alpha value is -1.68. The highest BCUT2D eigenvalue weighted by atomic mass is 15.1. The maximum atomic E-state index is 4.55. The molecule has 0 spiro atoms. The first-order chi connectivity index (χ1) is 8.77. The van der Waals surface area contributed by atoms with Gasteiger partial charge in [-0.3, -0.25) is 4.98 Å². The third kappa shape index (κ3) is 2.43. The molecule has 0 aliphatic heterocycles. The Morgan fingerprint density at radius 1 is 1.28 bits per heavy atom. The summed E-state index contributed by atoms with van der Waals surface area (Å²) in [4.78, 5) is 9.00. The van der Waals surface area contributed by atoms with Crippen LogP contribution in [-0.4, -0.2) is 21.1 Å². The first-order valence-electron chi connectivity index (χ1n) is 6.42. The van der Waals surface area contributed by atoms with Gasteiger partial charge in [0.15, 0.2) is 0 Å². The van der Waals surface area contributed by atoms with Crippen molar-refractivity contribution in [2.24, 2.45) is 7.05 Å². The van der Waals surface area contributed by atoms with Crippen LogP contribution in [0.15, 0.2) is 30.7 Å². The van der Waals surface area contributed by atoms with Gasteiger partial charge in [0.1, 0.15) is 11.9 Å². The Labute approximate surface area is 108 Å². The second kappa shape index (κ2) is 5.78. The van der Waals surface area contributed by atoms with Crippen LogP contribution in [0.5, 0.6) is 0 Å². The Bertz CT molecular complexity index is 504. The molecule has 2 aromatic heterocycles. The highest BCUT2D eigenvalue weighted by molar-refractivity contribution is 5.27. The molecule has 2 rings (SSSR count). The number of pyridine rings is 1. The number of rotatable bonds is 5. The molecule has 0 aromatic carbocycles. The summed E-state index contributed by atoms with van der Waals surface area (Å²) in [5.74, 6) is 1.00. The van der Waals surface area contributed by atoms with Gasteiger partial charge in [0.2, 0.25) is 0 Å². The van der Waals surface area contributed by atoms with Gasteiger partial charge in [-0.05, 0) is 24.6 Å². The zero-order valence-electron chi connectivity index (χ0n) is 11.2. The molecular formula is C14H20N4. The fourth-order valence-electron chi connectivity index (χ4n) is 2.18. The highest BCUT2D eigenvalue weighted by Crippen LogP contribution is 2.21. The van der Waals surface area contributed by atoms with Gasteiger partial charge in [-0.25, -0.2) is 4.98 Å². The van der Waals surface area contributed by atoms with Crippen molar-refractivity contribution in [2.45, 2.75) is 26.3 Å². The van der Waals surface area contributed by atoms with Gasteiger partial charge in [0.25, 0.3) is 0 Å². The lowest BCUT2D eigenvalue weighted by atomic mass is 10.0. The number of hydrogen-bond donors (Lipinski definition) is 1. The lowest BCUT2D eigenvalue weighted by molar-refractivity contribution is 0.560. The predicted octanol–water partition coefficient (Wildman–Crippen LogP) is 2.08. The van der Waals surface area contributed by atoms with Crippen LogP contribution in [0.3, 0.4) is 0 Å². The van der Waals surface area contributed by atoms with Gasteiger partial charge in [0.05, 0.1) is 5.69 Å². The number of aryl methyl sites for hydroxylation is 2. The summed E-state index contributed by atoms with van der Waals surface area (Å²) < 4.78 is 2.04. The van der Waals surface area contributed by atoms with Gasteiger partial charge < -0.3 is 9.88 Å². The molecule has 0 aliphatic rings. The number of aromatic nitrogens is 3. The minimum atomic E-state index is 0.0612. The zero-order chi connectivity index (χ0) is 13.0. The molecule has 18 heavy (non-hydrogen) atoms. The molecule has 2 aromatic rings. The summed E-state index contributed by atoms with van der Waals surface area (Å²) in [6, 6.07) is 4.19. The van der Waals surface area contributed by atoms with Crippen LogP contribution in [0.1, 0.15) is 37.0 Å². The minimum Gasteiger partial charge on any atom is -0.336 e. The zero-order valence-corrected chi connectivity index (χ0v) is 11.2. The molecule has 0 saturated carbocycles. The Kier molecular flexibility index (Phi) is 4.10. The summed E-state index contributed by atoms with van der Waals surface area (Å²) in [7, 11) is 2.02. The molecular weight excluding hydrogens is 224 g/mol. The van der Waals surface area contributed by atoms with E-state index in [0.29, 0.717) is 0 Å². The third-order valence-electron chi connectivity index (χ3n) is 3.11. The van der Waals surface area contributed by atoms with Crippen LogP contribution in [0.2, 0.25) is 0 Å². The van der Waals surface area contributed by atoms with Gasteiger partial charge in [-0.1, -0.05) is 19.9 Å². The quantitative estimate of drug-likeness (QED) is 0.875. The molecule has 1 atom stereocenters. The van der Waals surface area contributed by atoms with E-state index < -0.39 is 0 Å². The molecule has 1 N–H and O–H groups in total. The summed E-state index contributed by atoms with van der Waals surface area (Å²) >= 11 is 0. The number of nitrogens with one attached hydrogen (secondary N) is 1. The van der Waals surface area contributed by atoms with Crippen LogP contribution in [0.4, 0.5) is 0 Å². The monoisotopic (exact) mass is 244 g/mol. The van der Waals surface area contributed by atoms with Crippen molar-refractivity contribution >= 4 is 0 Å². The van der Waals surface area contributed by atoms with Crippen molar-refractivity contribution in [1.29, 1.82) is 0 Å². The van der Waals surface area contributed by atoms with Crippen LogP contribution < -0.4 is 5.32 Å². The second-order valence-corrected chi connectivity index (χ2v) is 4.29. The molecule has 1 unspecified atom stereocenters. The molecule has 4 heteroatoms. The number of imidazole rings is 1. The first kappa shape index (κ1) is 12.8. The SMILES string of the molecule is CCNC(c1ncccc1CC)c1nccn1C. The number of hydrogen-bond acceptors (Lipinski definition) is 3. The summed E-state index contributed by atoms with van der Waals surface area (Å²) in [6.07, 6.45) is 6.62. The van der Waals surface area contributed by atoms with Crippen molar-refractivity contribution in [3.8, 4) is 0 Å². The topological polar surface area (TPSA) is 42.7 Å². The molecule has 2 heterocycles. The Balaban J connectivity index is 2.45. The van der Waals surface area contributed by atoms with E-state index in [4.69, 9.17) is 0 Å². The molecule has 0 bridgehead atoms. The van der Waals surface area contributed by atoms with Crippen molar-refractivity contribution < 1.29 is 0 Å². The molecule has 0 radical (unpaired) electrons. The van der Waals surface area contributed by atoms with Gasteiger partial charge in [0, 0.05) is 25.6 Å². The maximum absolute atomic E-state index is 4.55. The van der Waals surface area contributed by atoms with E-state index in [1.54, 1.807) is 0 Å². The fraction of sp³-hybridized carbons (Fsp3) is 0.429. The molecule has 0 amide bonds. The van der Waals surface area contributed by atoms with Crippen molar-refractivity contribution in [1.82, 2.24) is 19.9 Å². The Morgan fingerprint density at radius 2 is 2.11 bits per heavy atom. The lowest BCUT2D eigenvalue weighted by Gasteiger charge is -2.19. The predicted molar refractivity (Wildman–Crippen MR) is 72.3 cm³/mol. The van der Waals surface area contributed by atoms with E-state index in [1.807, 2.05) is 36.3 Å². The average Bonchev–Trinajstić information content (AvgIpc) is 2.82. The maximum Gasteiger partial charge on any atom is 0.131 e. The molecule has 4 nitrogen and oxygen atoms in total. The third-order valence-corrected chi connectivity index (χ3v) is 3.11. The first-order valence-corrected chi connectivity index (χ1v) is 6.42. The van der Waals surface area contributed by atoms with E-state index in [2.05, 4.69) is 35.2 Å². The van der Waals surface area contributed by atoms with Crippen molar-refractivity contribution in [3.63, 3.8) is 0 Å². The molecule has 0 saturated heterocycles. The largest absolute Gasteiger partial charge is 0.336 e. The van der Waals surface area contributed by atoms with Crippen LogP contribution >= 0.6 is 0 Å². The lowest BCUT2D eigenvalue weighted by Crippen LogP contribution is -2.26. The standard InChI is InChI=1S/C14H20N4/c1-4-11-7-6-8-16-12(11)13(15-5-2)14-17-9-10-18(14)3/h6-10,13,15H,4-5H2,1-3H3. The van der Waals surface area contributed by atoms with Crippen molar-refractivity contribution in [3.05, 3.63) is 47.8 Å². The van der Waals surface area contributed by atoms with Crippen LogP contribution in [-0.2, 0) is 13.5 Å². The summed E-state index contributed by atoms with van der Waals surface area (Å²) in [6.45, 7) is 5.14. The van der Waals surface area contributed by atoms with E-state index in [9.17, 15) is 0 Å². The fourth-order valence-corrected chi connectivity index (χ4v) is 2.18. The van der Waals surface area contributed by atoms with Gasteiger partial charge in [-0.15, -0.1) is 0 Å².